The molecule has 2 aliphatic heterocycles. The summed E-state index contributed by atoms with van der Waals surface area (Å²) in [5.74, 6) is -0.229. The molecular formula is C21H26F2N8O3S. The molecule has 0 amide bonds. The van der Waals surface area contributed by atoms with Gasteiger partial charge in [-0.05, 0) is 25.0 Å². The molecule has 2 aliphatic rings. The Labute approximate surface area is 201 Å². The lowest BCUT2D eigenvalue weighted by molar-refractivity contribution is 0.122. The van der Waals surface area contributed by atoms with Crippen molar-refractivity contribution in [1.29, 1.82) is 0 Å². The fourth-order valence-corrected chi connectivity index (χ4v) is 5.66. The van der Waals surface area contributed by atoms with Crippen molar-refractivity contribution >= 4 is 33.0 Å². The van der Waals surface area contributed by atoms with Gasteiger partial charge in [0.15, 0.2) is 5.82 Å². The summed E-state index contributed by atoms with van der Waals surface area (Å²) in [5.41, 5.74) is 0.826. The minimum Gasteiger partial charge on any atom is -0.378 e. The van der Waals surface area contributed by atoms with Crippen LogP contribution in [0, 0.1) is 0 Å². The van der Waals surface area contributed by atoms with Crippen molar-refractivity contribution in [2.75, 3.05) is 61.9 Å². The Morgan fingerprint density at radius 3 is 2.43 bits per heavy atom. The Balaban J connectivity index is 1.49. The van der Waals surface area contributed by atoms with Crippen LogP contribution in [-0.4, -0.2) is 88.9 Å². The van der Waals surface area contributed by atoms with Gasteiger partial charge in [-0.3, -0.25) is 4.57 Å². The summed E-state index contributed by atoms with van der Waals surface area (Å²) in [4.78, 5) is 19.3. The van der Waals surface area contributed by atoms with Gasteiger partial charge in [0.1, 0.15) is 0 Å². The van der Waals surface area contributed by atoms with E-state index in [1.807, 2.05) is 4.90 Å². The predicted octanol–water partition coefficient (Wildman–Crippen LogP) is 1.82. The van der Waals surface area contributed by atoms with Gasteiger partial charge in [-0.2, -0.15) is 15.0 Å². The second-order valence-electron chi connectivity index (χ2n) is 8.30. The van der Waals surface area contributed by atoms with Crippen molar-refractivity contribution in [1.82, 2.24) is 28.8 Å². The van der Waals surface area contributed by atoms with Gasteiger partial charge in [0.2, 0.25) is 27.9 Å². The van der Waals surface area contributed by atoms with Gasteiger partial charge in [-0.1, -0.05) is 12.1 Å². The van der Waals surface area contributed by atoms with E-state index in [0.717, 1.165) is 12.8 Å². The first kappa shape index (κ1) is 23.8. The van der Waals surface area contributed by atoms with E-state index in [9.17, 15) is 17.2 Å². The summed E-state index contributed by atoms with van der Waals surface area (Å²) in [6.07, 6.45) is -1.14. The first-order valence-corrected chi connectivity index (χ1v) is 13.1. The molecule has 2 fully saturated rings. The third-order valence-electron chi connectivity index (χ3n) is 5.99. The maximum Gasteiger partial charge on any atom is 0.296 e. The summed E-state index contributed by atoms with van der Waals surface area (Å²) >= 11 is 0. The van der Waals surface area contributed by atoms with E-state index in [4.69, 9.17) is 4.74 Å². The highest BCUT2D eigenvalue weighted by Crippen LogP contribution is 2.27. The number of hydrogen-bond acceptors (Lipinski definition) is 9. The van der Waals surface area contributed by atoms with Gasteiger partial charge in [0, 0.05) is 32.7 Å². The number of morpholine rings is 1. The molecule has 2 saturated heterocycles. The zero-order chi connectivity index (χ0) is 24.4. The smallest absolute Gasteiger partial charge is 0.296 e. The van der Waals surface area contributed by atoms with E-state index in [1.54, 1.807) is 24.3 Å². The van der Waals surface area contributed by atoms with E-state index in [2.05, 4.69) is 25.3 Å². The van der Waals surface area contributed by atoms with E-state index < -0.39 is 22.3 Å². The molecule has 188 valence electrons. The number of halogens is 2. The molecule has 0 saturated carbocycles. The summed E-state index contributed by atoms with van der Waals surface area (Å²) in [6, 6.07) is 6.75. The average Bonchev–Trinajstić information content (AvgIpc) is 3.53. The maximum atomic E-state index is 13.9. The molecule has 0 unspecified atom stereocenters. The first-order chi connectivity index (χ1) is 16.9. The number of nitrogens with zero attached hydrogens (tertiary/aromatic N) is 7. The van der Waals surface area contributed by atoms with Gasteiger partial charge in [0.05, 0.1) is 30.0 Å². The topological polar surface area (TPSA) is 118 Å². The Morgan fingerprint density at radius 2 is 1.69 bits per heavy atom. The number of rotatable bonds is 8. The SMILES string of the molecule is O=S(=O)(CCNc1nc(N2CCOCC2)nc(-n2c(C(F)F)nc3ccccc32)n1)N1CCCC1. The lowest BCUT2D eigenvalue weighted by atomic mass is 10.3. The molecule has 3 aromatic rings. The van der Waals surface area contributed by atoms with Crippen LogP contribution in [0.4, 0.5) is 20.7 Å². The highest BCUT2D eigenvalue weighted by Gasteiger charge is 2.26. The lowest BCUT2D eigenvalue weighted by Crippen LogP contribution is -2.38. The molecule has 14 heteroatoms. The quantitative estimate of drug-likeness (QED) is 0.486. The fourth-order valence-electron chi connectivity index (χ4n) is 4.23. The van der Waals surface area contributed by atoms with Crippen LogP contribution in [0.2, 0.25) is 0 Å². The molecule has 0 aliphatic carbocycles. The number of para-hydroxylation sites is 2. The number of fused-ring (bicyclic) bond motifs is 1. The van der Waals surface area contributed by atoms with Crippen molar-refractivity contribution in [3.8, 4) is 5.95 Å². The molecule has 1 aromatic carbocycles. The molecule has 0 spiro atoms. The number of aromatic nitrogens is 5. The molecule has 2 aromatic heterocycles. The molecular weight excluding hydrogens is 482 g/mol. The maximum absolute atomic E-state index is 13.9. The van der Waals surface area contributed by atoms with Gasteiger partial charge < -0.3 is 15.0 Å². The van der Waals surface area contributed by atoms with E-state index >= 15 is 0 Å². The van der Waals surface area contributed by atoms with Crippen LogP contribution < -0.4 is 10.2 Å². The highest BCUT2D eigenvalue weighted by atomic mass is 32.2. The summed E-state index contributed by atoms with van der Waals surface area (Å²) in [7, 11) is -3.40. The molecule has 4 heterocycles. The van der Waals surface area contributed by atoms with Crippen molar-refractivity contribution < 1.29 is 21.9 Å². The van der Waals surface area contributed by atoms with Crippen molar-refractivity contribution in [3.63, 3.8) is 0 Å². The molecule has 0 bridgehead atoms. The number of alkyl halides is 2. The van der Waals surface area contributed by atoms with Gasteiger partial charge in [0.25, 0.3) is 6.43 Å². The van der Waals surface area contributed by atoms with Crippen LogP contribution in [0.3, 0.4) is 0 Å². The summed E-state index contributed by atoms with van der Waals surface area (Å²) in [6.45, 7) is 3.14. The zero-order valence-electron chi connectivity index (χ0n) is 19.0. The van der Waals surface area contributed by atoms with Crippen LogP contribution in [-0.2, 0) is 14.8 Å². The minimum absolute atomic E-state index is 0.0182. The normalized spacial score (nSPS) is 17.5. The molecule has 5 rings (SSSR count). The van der Waals surface area contributed by atoms with E-state index in [0.29, 0.717) is 56.4 Å². The number of hydrogen-bond donors (Lipinski definition) is 1. The van der Waals surface area contributed by atoms with Crippen LogP contribution >= 0.6 is 0 Å². The van der Waals surface area contributed by atoms with Crippen LogP contribution in [0.5, 0.6) is 0 Å². The molecule has 1 N–H and O–H groups in total. The monoisotopic (exact) mass is 508 g/mol. The van der Waals surface area contributed by atoms with Crippen LogP contribution in [0.1, 0.15) is 25.1 Å². The zero-order valence-corrected chi connectivity index (χ0v) is 19.8. The van der Waals surface area contributed by atoms with Crippen molar-refractivity contribution in [2.45, 2.75) is 19.3 Å². The number of benzene rings is 1. The minimum atomic E-state index is -3.40. The van der Waals surface area contributed by atoms with Crippen LogP contribution in [0.15, 0.2) is 24.3 Å². The Bertz CT molecular complexity index is 1290. The number of sulfonamides is 1. The van der Waals surface area contributed by atoms with Crippen LogP contribution in [0.25, 0.3) is 17.0 Å². The number of imidazole rings is 1. The summed E-state index contributed by atoms with van der Waals surface area (Å²) in [5, 5.41) is 2.96. The van der Waals surface area contributed by atoms with Gasteiger partial charge in [-0.25, -0.2) is 26.5 Å². The largest absolute Gasteiger partial charge is 0.378 e. The first-order valence-electron chi connectivity index (χ1n) is 11.5. The van der Waals surface area contributed by atoms with E-state index in [1.165, 1.54) is 8.87 Å². The third-order valence-corrected chi connectivity index (χ3v) is 7.86. The predicted molar refractivity (Wildman–Crippen MR) is 126 cm³/mol. The lowest BCUT2D eigenvalue weighted by Gasteiger charge is -2.27. The number of anilines is 2. The second kappa shape index (κ2) is 9.95. The number of nitrogens with one attached hydrogen (secondary N) is 1. The second-order valence-corrected chi connectivity index (χ2v) is 10.4. The molecule has 0 atom stereocenters. The fraction of sp³-hybridized carbons (Fsp3) is 0.524. The average molecular weight is 509 g/mol. The molecule has 11 nitrogen and oxygen atoms in total. The molecule has 0 radical (unpaired) electrons. The van der Waals surface area contributed by atoms with Gasteiger partial charge in [-0.15, -0.1) is 0 Å². The standard InChI is InChI=1S/C21H26F2N8O3S/c22-17(23)18-25-15-5-1-2-6-16(15)31(18)21-27-19(26-20(28-21)29-10-12-34-13-11-29)24-7-14-35(32,33)30-8-3-4-9-30/h1-2,5-6,17H,3-4,7-14H2,(H,24,26,27,28). The van der Waals surface area contributed by atoms with E-state index in [-0.39, 0.29) is 24.2 Å². The summed E-state index contributed by atoms with van der Waals surface area (Å²) < 4.78 is 61.1. The third kappa shape index (κ3) is 5.04. The Kier molecular flexibility index (Phi) is 6.75. The Hall–Kier alpha value is -2.97. The highest BCUT2D eigenvalue weighted by molar-refractivity contribution is 7.89. The Morgan fingerprint density at radius 1 is 0.971 bits per heavy atom. The number of ether oxygens (including phenoxy) is 1. The van der Waals surface area contributed by atoms with Crippen molar-refractivity contribution in [2.24, 2.45) is 0 Å². The molecule has 35 heavy (non-hydrogen) atoms. The van der Waals surface area contributed by atoms with Crippen molar-refractivity contribution in [3.05, 3.63) is 30.1 Å². The van der Waals surface area contributed by atoms with Gasteiger partial charge >= 0.3 is 0 Å².